The number of carbonyl (C=O) groups excluding carboxylic acids is 1. The number of hydrogen-bond donors (Lipinski definition) is 1. The summed E-state index contributed by atoms with van der Waals surface area (Å²) in [5.74, 6) is -0.186. The second kappa shape index (κ2) is 11.6. The van der Waals surface area contributed by atoms with E-state index in [1.807, 2.05) is 6.92 Å². The molecule has 1 aromatic carbocycles. The number of benzene rings is 1. The molecule has 1 N–H and O–H groups in total. The first-order chi connectivity index (χ1) is 15.9. The van der Waals surface area contributed by atoms with Crippen molar-refractivity contribution in [3.8, 4) is 0 Å². The number of nitrogens with one attached hydrogen (secondary N) is 1. The molecule has 3 rings (SSSR count). The maximum atomic E-state index is 12.9. The third-order valence-corrected chi connectivity index (χ3v) is 6.92. The Kier molecular flexibility index (Phi) is 8.58. The van der Waals surface area contributed by atoms with Crippen LogP contribution in [0.3, 0.4) is 0 Å². The van der Waals surface area contributed by atoms with E-state index in [4.69, 9.17) is 9.57 Å². The van der Waals surface area contributed by atoms with Gasteiger partial charge in [0.15, 0.2) is 33.1 Å². The molecule has 12 heteroatoms. The Labute approximate surface area is 195 Å². The maximum absolute atomic E-state index is 12.9. The lowest BCUT2D eigenvalue weighted by Gasteiger charge is -2.09. The van der Waals surface area contributed by atoms with Crippen LogP contribution >= 0.6 is 11.3 Å². The molecule has 0 fully saturated rings. The number of aryl methyl sites for hydroxylation is 1. The molecule has 2 heterocycles. The van der Waals surface area contributed by atoms with Gasteiger partial charge in [-0.2, -0.15) is 0 Å². The van der Waals surface area contributed by atoms with Gasteiger partial charge in [0.2, 0.25) is 0 Å². The Morgan fingerprint density at radius 2 is 1.88 bits per heavy atom. The van der Waals surface area contributed by atoms with Gasteiger partial charge in [-0.1, -0.05) is 17.3 Å². The molecule has 1 amide bonds. The number of aromatic nitrogens is 3. The molecule has 10 nitrogen and oxygen atoms in total. The van der Waals surface area contributed by atoms with Gasteiger partial charge in [0.1, 0.15) is 0 Å². The van der Waals surface area contributed by atoms with Crippen LogP contribution in [-0.2, 0) is 30.8 Å². The Morgan fingerprint density at radius 1 is 1.15 bits per heavy atom. The molecular weight excluding hydrogens is 466 g/mol. The minimum absolute atomic E-state index is 0.0365. The summed E-state index contributed by atoms with van der Waals surface area (Å²) in [6.45, 7) is 2.18. The fourth-order valence-electron chi connectivity index (χ4n) is 2.68. The Bertz CT molecular complexity index is 1200. The molecule has 0 aliphatic carbocycles. The number of anilines is 1. The number of rotatable bonds is 11. The maximum Gasteiger partial charge on any atom is 0.280 e. The molecule has 0 spiro atoms. The summed E-state index contributed by atoms with van der Waals surface area (Å²) in [5, 5.41) is 7.07. The van der Waals surface area contributed by atoms with Crippen molar-refractivity contribution in [3.63, 3.8) is 0 Å². The highest BCUT2D eigenvalue weighted by Gasteiger charge is 2.19. The Morgan fingerprint density at radius 3 is 2.52 bits per heavy atom. The minimum atomic E-state index is -3.47. The fraction of sp³-hybridized carbons (Fsp3) is 0.286. The highest BCUT2D eigenvalue weighted by molar-refractivity contribution is 7.91. The standard InChI is InChI=1S/C21H23N5O5S2/c1-15-13-24-21(32-15)25-20(27)19(26-31-14-18-22-9-3-10-23-18)16-5-7-17(8-6-16)33(28,29)12-4-11-30-2/h3,5-10,13H,4,11-12,14H2,1-2H3,(H,24,25,27). The van der Waals surface area contributed by atoms with Gasteiger partial charge in [0.25, 0.3) is 5.91 Å². The van der Waals surface area contributed by atoms with Crippen molar-refractivity contribution in [2.75, 3.05) is 24.8 Å². The summed E-state index contributed by atoms with van der Waals surface area (Å²) in [7, 11) is -1.95. The number of carbonyl (C=O) groups is 1. The average Bonchev–Trinajstić information content (AvgIpc) is 3.22. The van der Waals surface area contributed by atoms with E-state index in [-0.39, 0.29) is 23.0 Å². The van der Waals surface area contributed by atoms with Crippen molar-refractivity contribution in [2.24, 2.45) is 5.16 Å². The summed E-state index contributed by atoms with van der Waals surface area (Å²) < 4.78 is 29.9. The van der Waals surface area contributed by atoms with E-state index in [0.29, 0.717) is 29.5 Å². The van der Waals surface area contributed by atoms with Crippen molar-refractivity contribution in [1.29, 1.82) is 0 Å². The van der Waals surface area contributed by atoms with E-state index < -0.39 is 15.7 Å². The lowest BCUT2D eigenvalue weighted by Crippen LogP contribution is -2.24. The first-order valence-corrected chi connectivity index (χ1v) is 12.4. The zero-order chi connectivity index (χ0) is 23.7. The van der Waals surface area contributed by atoms with E-state index in [9.17, 15) is 13.2 Å². The summed E-state index contributed by atoms with van der Waals surface area (Å²) >= 11 is 1.32. The van der Waals surface area contributed by atoms with Crippen LogP contribution in [0.1, 0.15) is 22.7 Å². The van der Waals surface area contributed by atoms with Gasteiger partial charge < -0.3 is 9.57 Å². The smallest absolute Gasteiger partial charge is 0.280 e. The largest absolute Gasteiger partial charge is 0.387 e. The number of hydrogen-bond acceptors (Lipinski definition) is 10. The third-order valence-electron chi connectivity index (χ3n) is 4.27. The quantitative estimate of drug-likeness (QED) is 0.247. The van der Waals surface area contributed by atoms with Gasteiger partial charge in [-0.25, -0.2) is 23.4 Å². The number of amides is 1. The molecule has 0 saturated carbocycles. The van der Waals surface area contributed by atoms with Crippen molar-refractivity contribution in [2.45, 2.75) is 24.8 Å². The van der Waals surface area contributed by atoms with Gasteiger partial charge in [-0.15, -0.1) is 11.3 Å². The van der Waals surface area contributed by atoms with Gasteiger partial charge in [-0.3, -0.25) is 10.1 Å². The SMILES string of the molecule is COCCCS(=O)(=O)c1ccc(C(=NOCc2ncccn2)C(=O)Nc2ncc(C)s2)cc1. The number of ether oxygens (including phenoxy) is 1. The highest BCUT2D eigenvalue weighted by Crippen LogP contribution is 2.18. The van der Waals surface area contributed by atoms with E-state index in [0.717, 1.165) is 4.88 Å². The number of nitrogens with zero attached hydrogens (tertiary/aromatic N) is 4. The predicted molar refractivity (Wildman–Crippen MR) is 124 cm³/mol. The lowest BCUT2D eigenvalue weighted by atomic mass is 10.1. The van der Waals surface area contributed by atoms with Crippen LogP contribution < -0.4 is 5.32 Å². The lowest BCUT2D eigenvalue weighted by molar-refractivity contribution is -0.110. The molecule has 0 saturated heterocycles. The van der Waals surface area contributed by atoms with Crippen molar-refractivity contribution in [1.82, 2.24) is 15.0 Å². The molecule has 0 aliphatic rings. The molecule has 0 unspecified atom stereocenters. The molecule has 2 aromatic heterocycles. The molecule has 0 aliphatic heterocycles. The van der Waals surface area contributed by atoms with Crippen LogP contribution in [0.2, 0.25) is 0 Å². The van der Waals surface area contributed by atoms with Crippen LogP contribution in [0.4, 0.5) is 5.13 Å². The second-order valence-electron chi connectivity index (χ2n) is 6.80. The van der Waals surface area contributed by atoms with Crippen LogP contribution in [-0.4, -0.2) is 54.5 Å². The van der Waals surface area contributed by atoms with Crippen molar-refractivity contribution >= 4 is 37.9 Å². The normalized spacial score (nSPS) is 11.9. The topological polar surface area (TPSA) is 133 Å². The van der Waals surface area contributed by atoms with Crippen LogP contribution in [0.25, 0.3) is 0 Å². The van der Waals surface area contributed by atoms with Gasteiger partial charge in [-0.05, 0) is 31.5 Å². The van der Waals surface area contributed by atoms with Crippen molar-refractivity contribution in [3.05, 3.63) is 65.2 Å². The molecular formula is C21H23N5O5S2. The number of thiazole rings is 1. The highest BCUT2D eigenvalue weighted by atomic mass is 32.2. The zero-order valence-electron chi connectivity index (χ0n) is 18.1. The minimum Gasteiger partial charge on any atom is -0.387 e. The summed E-state index contributed by atoms with van der Waals surface area (Å²) in [6.07, 6.45) is 5.17. The molecule has 0 bridgehead atoms. The number of oxime groups is 1. The first-order valence-electron chi connectivity index (χ1n) is 9.91. The van der Waals surface area contributed by atoms with Crippen molar-refractivity contribution < 1.29 is 22.8 Å². The van der Waals surface area contributed by atoms with E-state index in [1.165, 1.54) is 42.7 Å². The first kappa shape index (κ1) is 24.4. The number of sulfone groups is 1. The summed E-state index contributed by atoms with van der Waals surface area (Å²) in [6, 6.07) is 7.57. The van der Waals surface area contributed by atoms with Crippen LogP contribution in [0.5, 0.6) is 0 Å². The van der Waals surface area contributed by atoms with Crippen LogP contribution in [0, 0.1) is 6.92 Å². The second-order valence-corrected chi connectivity index (χ2v) is 10.1. The fourth-order valence-corrected chi connectivity index (χ4v) is 4.63. The summed E-state index contributed by atoms with van der Waals surface area (Å²) in [5.41, 5.74) is 0.340. The number of methoxy groups -OCH3 is 1. The molecule has 0 radical (unpaired) electrons. The van der Waals surface area contributed by atoms with E-state index in [1.54, 1.807) is 24.7 Å². The summed E-state index contributed by atoms with van der Waals surface area (Å²) in [4.78, 5) is 31.5. The van der Waals surface area contributed by atoms with Gasteiger partial charge >= 0.3 is 0 Å². The monoisotopic (exact) mass is 489 g/mol. The van der Waals surface area contributed by atoms with Gasteiger partial charge in [0.05, 0.1) is 10.6 Å². The molecule has 33 heavy (non-hydrogen) atoms. The third kappa shape index (κ3) is 7.14. The van der Waals surface area contributed by atoms with E-state index in [2.05, 4.69) is 25.4 Å². The zero-order valence-corrected chi connectivity index (χ0v) is 19.7. The average molecular weight is 490 g/mol. The van der Waals surface area contributed by atoms with Crippen LogP contribution in [0.15, 0.2) is 59.0 Å². The van der Waals surface area contributed by atoms with E-state index >= 15 is 0 Å². The molecule has 0 atom stereocenters. The molecule has 3 aromatic rings. The van der Waals surface area contributed by atoms with Gasteiger partial charge in [0, 0.05) is 42.7 Å². The molecule has 174 valence electrons. The Hall–Kier alpha value is -3.22. The predicted octanol–water partition coefficient (Wildman–Crippen LogP) is 2.61. The Balaban J connectivity index is 1.81.